The van der Waals surface area contributed by atoms with Gasteiger partial charge >= 0.3 is 11.9 Å². The molecular formula is C86H63BrN8O8. The number of rotatable bonds is 15. The van der Waals surface area contributed by atoms with Crippen LogP contribution in [0.15, 0.2) is 300 Å². The van der Waals surface area contributed by atoms with E-state index in [-0.39, 0.29) is 30.9 Å². The van der Waals surface area contributed by atoms with Gasteiger partial charge in [-0.3, -0.25) is 4.79 Å². The average Bonchev–Trinajstić information content (AvgIpc) is 1.60. The number of phenols is 1. The SMILES string of the molecule is C=C(C)C(=O)OCCBr.CC(=O)OCCOc1cccc(-c2nnc(-c3cc(-n4c5ccccc5c5ccccc54)cc(-n4c5ccccc5c5ccccc54)c3)o2)c1.Oc1cccc(-c2nnc(-c3cc(-n4c5ccccc5c5ccccc54)cc(-n4c5ccccc5c5ccccc54)c3)o2)c1. The van der Waals surface area contributed by atoms with Crippen LogP contribution in [0.25, 0.3) is 156 Å². The molecule has 12 aromatic carbocycles. The normalized spacial score (nSPS) is 11.4. The number of halogens is 1. The van der Waals surface area contributed by atoms with Crippen LogP contribution in [0.1, 0.15) is 13.8 Å². The van der Waals surface area contributed by atoms with Crippen molar-refractivity contribution in [2.75, 3.05) is 25.2 Å². The minimum Gasteiger partial charge on any atom is -0.508 e. The molecule has 18 aromatic rings. The van der Waals surface area contributed by atoms with Crippen LogP contribution in [0.3, 0.4) is 0 Å². The smallest absolute Gasteiger partial charge is 0.333 e. The zero-order chi connectivity index (χ0) is 70.1. The lowest BCUT2D eigenvalue weighted by atomic mass is 10.1. The zero-order valence-electron chi connectivity index (χ0n) is 55.9. The van der Waals surface area contributed by atoms with E-state index in [0.29, 0.717) is 52.4 Å². The number of carbonyl (C=O) groups is 2. The van der Waals surface area contributed by atoms with Gasteiger partial charge in [0.15, 0.2) is 0 Å². The van der Waals surface area contributed by atoms with Crippen molar-refractivity contribution in [2.24, 2.45) is 0 Å². The number of ether oxygens (including phenoxy) is 3. The number of aromatic hydroxyl groups is 1. The number of para-hydroxylation sites is 8. The summed E-state index contributed by atoms with van der Waals surface area (Å²) in [6.45, 7) is 7.22. The monoisotopic (exact) mass is 1410 g/mol. The quantitative estimate of drug-likeness (QED) is 0.0445. The molecule has 17 heteroatoms. The van der Waals surface area contributed by atoms with Crippen LogP contribution in [-0.2, 0) is 19.1 Å². The van der Waals surface area contributed by atoms with Crippen molar-refractivity contribution in [1.29, 1.82) is 0 Å². The molecule has 0 saturated heterocycles. The van der Waals surface area contributed by atoms with Gasteiger partial charge in [0.05, 0.1) is 44.1 Å². The summed E-state index contributed by atoms with van der Waals surface area (Å²) in [4.78, 5) is 21.7. The zero-order valence-corrected chi connectivity index (χ0v) is 57.4. The van der Waals surface area contributed by atoms with Gasteiger partial charge in [-0.15, -0.1) is 20.4 Å². The molecule has 1 N–H and O–H groups in total. The molecule has 103 heavy (non-hydrogen) atoms. The number of alkyl halides is 1. The predicted octanol–water partition coefficient (Wildman–Crippen LogP) is 20.3. The summed E-state index contributed by atoms with van der Waals surface area (Å²) in [5, 5.41) is 38.0. The summed E-state index contributed by atoms with van der Waals surface area (Å²) < 4.78 is 37.3. The van der Waals surface area contributed by atoms with E-state index in [1.54, 1.807) is 25.1 Å². The number of hydrogen-bond acceptors (Lipinski definition) is 12. The van der Waals surface area contributed by atoms with Crippen molar-refractivity contribution in [3.8, 4) is 80.1 Å². The molecule has 0 amide bonds. The Kier molecular flexibility index (Phi) is 17.5. The van der Waals surface area contributed by atoms with E-state index in [2.05, 4.69) is 296 Å². The van der Waals surface area contributed by atoms with Crippen molar-refractivity contribution in [1.82, 2.24) is 38.7 Å². The summed E-state index contributed by atoms with van der Waals surface area (Å²) in [5.41, 5.74) is 16.2. The molecule has 0 saturated carbocycles. The number of carbonyl (C=O) groups excluding carboxylic acids is 2. The lowest BCUT2D eigenvalue weighted by Gasteiger charge is -2.14. The molecule has 502 valence electrons. The fourth-order valence-electron chi connectivity index (χ4n) is 13.6. The van der Waals surface area contributed by atoms with E-state index in [0.717, 1.165) is 83.6 Å². The largest absolute Gasteiger partial charge is 0.508 e. The molecule has 0 radical (unpaired) electrons. The second-order valence-electron chi connectivity index (χ2n) is 24.7. The van der Waals surface area contributed by atoms with Gasteiger partial charge in [-0.2, -0.15) is 0 Å². The summed E-state index contributed by atoms with van der Waals surface area (Å²) in [6, 6.07) is 95.1. The summed E-state index contributed by atoms with van der Waals surface area (Å²) in [5.74, 6) is 1.58. The van der Waals surface area contributed by atoms with Crippen LogP contribution >= 0.6 is 15.9 Å². The summed E-state index contributed by atoms with van der Waals surface area (Å²) in [7, 11) is 0. The number of fused-ring (bicyclic) bond motifs is 12. The second kappa shape index (κ2) is 27.9. The van der Waals surface area contributed by atoms with E-state index in [4.69, 9.17) is 18.3 Å². The fourth-order valence-corrected chi connectivity index (χ4v) is 13.8. The standard InChI is InChI=1S/C42H30N4O4.C38H24N4O2.C6H9BrO2/c1-27(47)48-21-22-49-32-12-10-11-28(25-32)41-43-44-42(50-41)29-23-30(45-37-17-6-2-13-33(37)34-14-3-7-18-38(34)45)26-31(24-29)46-39-19-8-4-15-35(39)36-16-5-9-20-40(36)46;43-28-11-9-10-24(22-28)37-39-40-38(44-37)25-20-26(41-33-16-5-1-12-29(33)30-13-2-6-17-34(30)41)23-27(21-25)42-35-18-7-3-14-31(35)32-15-4-8-19-36(32)42;1-5(2)6(8)9-4-3-7/h2-20,23-26H,21-22H2,1H3;1-23,43H;1,3-4H2,2H3. The van der Waals surface area contributed by atoms with Crippen molar-refractivity contribution in [2.45, 2.75) is 13.8 Å². The van der Waals surface area contributed by atoms with E-state index >= 15 is 0 Å². The van der Waals surface area contributed by atoms with Crippen LogP contribution in [-0.4, -0.2) is 80.9 Å². The topological polar surface area (TPSA) is 180 Å². The highest BCUT2D eigenvalue weighted by Gasteiger charge is 2.23. The van der Waals surface area contributed by atoms with Gasteiger partial charge in [0, 0.05) is 106 Å². The molecule has 0 aliphatic heterocycles. The second-order valence-corrected chi connectivity index (χ2v) is 25.4. The molecule has 6 heterocycles. The lowest BCUT2D eigenvalue weighted by molar-refractivity contribution is -0.141. The third kappa shape index (κ3) is 12.5. The Morgan fingerprint density at radius 2 is 0.680 bits per heavy atom. The minimum absolute atomic E-state index is 0.143. The molecule has 0 fully saturated rings. The molecular weight excluding hydrogens is 1350 g/mol. The Hall–Kier alpha value is -13.1. The highest BCUT2D eigenvalue weighted by Crippen LogP contribution is 2.41. The van der Waals surface area contributed by atoms with Crippen LogP contribution in [0.5, 0.6) is 11.5 Å². The summed E-state index contributed by atoms with van der Waals surface area (Å²) >= 11 is 3.12. The number of benzene rings is 12. The van der Waals surface area contributed by atoms with Gasteiger partial charge in [-0.25, -0.2) is 4.79 Å². The Morgan fingerprint density at radius 3 is 0.990 bits per heavy atom. The van der Waals surface area contributed by atoms with Crippen LogP contribution in [0.4, 0.5) is 0 Å². The Balaban J connectivity index is 0.000000143. The van der Waals surface area contributed by atoms with Gasteiger partial charge in [0.2, 0.25) is 23.6 Å². The molecule has 0 aliphatic rings. The minimum atomic E-state index is -0.343. The van der Waals surface area contributed by atoms with E-state index in [1.807, 2.05) is 30.3 Å². The third-order valence-electron chi connectivity index (χ3n) is 18.0. The molecule has 0 unspecified atom stereocenters. The van der Waals surface area contributed by atoms with Crippen LogP contribution in [0.2, 0.25) is 0 Å². The fraction of sp³-hybridized carbons (Fsp3) is 0.0698. The number of esters is 2. The highest BCUT2D eigenvalue weighted by molar-refractivity contribution is 9.09. The lowest BCUT2D eigenvalue weighted by Crippen LogP contribution is -2.09. The molecule has 0 bridgehead atoms. The molecule has 16 nitrogen and oxygen atoms in total. The van der Waals surface area contributed by atoms with Gasteiger partial charge in [0.25, 0.3) is 0 Å². The summed E-state index contributed by atoms with van der Waals surface area (Å²) in [6.07, 6.45) is 0. The first-order valence-electron chi connectivity index (χ1n) is 33.5. The molecule has 0 spiro atoms. The Labute approximate surface area is 598 Å². The Morgan fingerprint density at radius 1 is 0.369 bits per heavy atom. The number of aromatic nitrogens is 8. The highest BCUT2D eigenvalue weighted by atomic mass is 79.9. The first kappa shape index (κ1) is 64.5. The number of phenolic OH excluding ortho intramolecular Hbond substituents is 1. The average molecular weight is 1420 g/mol. The van der Waals surface area contributed by atoms with Crippen molar-refractivity contribution >= 4 is 115 Å². The first-order chi connectivity index (χ1) is 50.5. The van der Waals surface area contributed by atoms with Crippen molar-refractivity contribution in [3.63, 3.8) is 0 Å². The van der Waals surface area contributed by atoms with Gasteiger partial charge < -0.3 is 46.4 Å². The number of nitrogens with zero attached hydrogens (tertiary/aromatic N) is 8. The molecule has 6 aromatic heterocycles. The third-order valence-corrected chi connectivity index (χ3v) is 18.3. The van der Waals surface area contributed by atoms with Gasteiger partial charge in [-0.05, 0) is 128 Å². The predicted molar refractivity (Wildman–Crippen MR) is 411 cm³/mol. The first-order valence-corrected chi connectivity index (χ1v) is 34.6. The number of hydrogen-bond donors (Lipinski definition) is 1. The maximum absolute atomic E-state index is 11.1. The molecule has 0 aliphatic carbocycles. The molecule has 0 atom stereocenters. The maximum Gasteiger partial charge on any atom is 0.333 e. The van der Waals surface area contributed by atoms with Crippen molar-refractivity contribution in [3.05, 3.63) is 291 Å². The van der Waals surface area contributed by atoms with Gasteiger partial charge in [-0.1, -0.05) is 180 Å². The van der Waals surface area contributed by atoms with E-state index in [9.17, 15) is 14.7 Å². The van der Waals surface area contributed by atoms with Gasteiger partial charge in [0.1, 0.15) is 31.3 Å². The van der Waals surface area contributed by atoms with E-state index in [1.165, 1.54) is 50.0 Å². The van der Waals surface area contributed by atoms with E-state index < -0.39 is 0 Å². The van der Waals surface area contributed by atoms with Crippen molar-refractivity contribution < 1.29 is 37.7 Å². The Bertz CT molecular complexity index is 5810. The van der Waals surface area contributed by atoms with Crippen LogP contribution in [0, 0.1) is 0 Å². The molecule has 18 rings (SSSR count). The van der Waals surface area contributed by atoms with Crippen LogP contribution < -0.4 is 4.74 Å². The maximum atomic E-state index is 11.1.